The van der Waals surface area contributed by atoms with Gasteiger partial charge < -0.3 is 9.47 Å². The number of fused-ring (bicyclic) bond motifs is 6. The molecular formula is C30H26N2O5. The van der Waals surface area contributed by atoms with Crippen LogP contribution in [0.3, 0.4) is 0 Å². The molecular weight excluding hydrogens is 468 g/mol. The Kier molecular flexibility index (Phi) is 5.22. The second-order valence-corrected chi connectivity index (χ2v) is 10.4. The first-order valence-electron chi connectivity index (χ1n) is 12.5. The maximum Gasteiger partial charge on any atom is 0.240 e. The smallest absolute Gasteiger partial charge is 0.240 e. The van der Waals surface area contributed by atoms with Crippen molar-refractivity contribution in [3.05, 3.63) is 71.8 Å². The number of imide groups is 1. The maximum absolute atomic E-state index is 14.0. The predicted molar refractivity (Wildman–Crippen MR) is 136 cm³/mol. The van der Waals surface area contributed by atoms with Crippen LogP contribution in [0.25, 0.3) is 10.8 Å². The fourth-order valence-electron chi connectivity index (χ4n) is 6.57. The normalized spacial score (nSPS) is 28.0. The van der Waals surface area contributed by atoms with E-state index in [-0.39, 0.29) is 17.6 Å². The lowest BCUT2D eigenvalue weighted by atomic mass is 9.67. The minimum atomic E-state index is -0.790. The first-order chi connectivity index (χ1) is 17.8. The van der Waals surface area contributed by atoms with Gasteiger partial charge in [0.15, 0.2) is 5.78 Å². The molecule has 3 aromatic rings. The molecule has 7 heteroatoms. The molecule has 0 aromatic heterocycles. The van der Waals surface area contributed by atoms with E-state index >= 15 is 0 Å². The number of benzene rings is 3. The van der Waals surface area contributed by atoms with Crippen LogP contribution in [0.2, 0.25) is 0 Å². The summed E-state index contributed by atoms with van der Waals surface area (Å²) in [6, 6.07) is 19.9. The van der Waals surface area contributed by atoms with Crippen LogP contribution in [0.5, 0.6) is 5.75 Å². The van der Waals surface area contributed by atoms with Gasteiger partial charge in [0.2, 0.25) is 11.8 Å². The fourth-order valence-corrected chi connectivity index (χ4v) is 6.57. The highest BCUT2D eigenvalue weighted by atomic mass is 16.5. The minimum absolute atomic E-state index is 0.0388. The largest absolute Gasteiger partial charge is 0.493 e. The van der Waals surface area contributed by atoms with E-state index in [2.05, 4.69) is 6.07 Å². The molecule has 0 spiro atoms. The van der Waals surface area contributed by atoms with Crippen molar-refractivity contribution in [3.8, 4) is 11.8 Å². The van der Waals surface area contributed by atoms with E-state index in [0.717, 1.165) is 0 Å². The molecule has 3 aliphatic rings. The van der Waals surface area contributed by atoms with E-state index in [1.807, 2.05) is 31.2 Å². The van der Waals surface area contributed by atoms with Gasteiger partial charge in [-0.3, -0.25) is 14.4 Å². The topological polar surface area (TPSA) is 96.7 Å². The number of nitrogens with zero attached hydrogens (tertiary/aromatic N) is 2. The summed E-state index contributed by atoms with van der Waals surface area (Å²) in [7, 11) is 0. The number of Topliss-reactive ketones (excluding diaryl/α,β-unsaturated/α-hetero) is 1. The van der Waals surface area contributed by atoms with Crippen molar-refractivity contribution < 1.29 is 23.9 Å². The Labute approximate surface area is 214 Å². The van der Waals surface area contributed by atoms with Crippen molar-refractivity contribution in [2.24, 2.45) is 11.8 Å². The van der Waals surface area contributed by atoms with Gasteiger partial charge in [-0.05, 0) is 51.0 Å². The summed E-state index contributed by atoms with van der Waals surface area (Å²) in [6.45, 7) is 3.74. The van der Waals surface area contributed by atoms with Crippen LogP contribution in [0.15, 0.2) is 60.7 Å². The van der Waals surface area contributed by atoms with Crippen molar-refractivity contribution in [1.82, 2.24) is 0 Å². The molecule has 0 unspecified atom stereocenters. The fraction of sp³-hybridized carbons (Fsp3) is 0.333. The van der Waals surface area contributed by atoms with E-state index in [1.165, 1.54) is 11.8 Å². The molecule has 3 aliphatic heterocycles. The molecule has 3 heterocycles. The Morgan fingerprint density at radius 3 is 2.57 bits per heavy atom. The van der Waals surface area contributed by atoms with Gasteiger partial charge in [0.1, 0.15) is 5.75 Å². The van der Waals surface area contributed by atoms with E-state index < -0.39 is 23.0 Å². The van der Waals surface area contributed by atoms with E-state index in [4.69, 9.17) is 9.47 Å². The summed E-state index contributed by atoms with van der Waals surface area (Å²) in [4.78, 5) is 40.8. The number of rotatable bonds is 6. The van der Waals surface area contributed by atoms with Gasteiger partial charge in [-0.15, -0.1) is 0 Å². The number of hydrogen-bond acceptors (Lipinski definition) is 6. The van der Waals surface area contributed by atoms with Crippen LogP contribution in [0.4, 0.5) is 5.69 Å². The van der Waals surface area contributed by atoms with Crippen molar-refractivity contribution in [2.45, 2.75) is 44.3 Å². The van der Waals surface area contributed by atoms with Gasteiger partial charge >= 0.3 is 0 Å². The van der Waals surface area contributed by atoms with Crippen molar-refractivity contribution in [1.29, 1.82) is 5.26 Å². The zero-order valence-electron chi connectivity index (χ0n) is 20.7. The van der Waals surface area contributed by atoms with Crippen molar-refractivity contribution >= 4 is 34.1 Å². The van der Waals surface area contributed by atoms with Gasteiger partial charge in [-0.1, -0.05) is 36.4 Å². The third kappa shape index (κ3) is 3.40. The average molecular weight is 495 g/mol. The summed E-state index contributed by atoms with van der Waals surface area (Å²) in [6.07, 6.45) is 1.81. The summed E-state index contributed by atoms with van der Waals surface area (Å²) in [5.74, 6) is -1.12. The zero-order chi connectivity index (χ0) is 25.9. The second-order valence-electron chi connectivity index (χ2n) is 10.4. The molecule has 3 saturated heterocycles. The molecule has 0 radical (unpaired) electrons. The zero-order valence-corrected chi connectivity index (χ0v) is 20.7. The summed E-state index contributed by atoms with van der Waals surface area (Å²) in [5.41, 5.74) is 0.0685. The Bertz CT molecular complexity index is 1520. The van der Waals surface area contributed by atoms with Crippen LogP contribution < -0.4 is 9.64 Å². The first-order valence-corrected chi connectivity index (χ1v) is 12.5. The number of nitriles is 1. The monoisotopic (exact) mass is 494 g/mol. The average Bonchev–Trinajstić information content (AvgIpc) is 3.48. The molecule has 37 heavy (non-hydrogen) atoms. The number of hydrogen-bond donors (Lipinski definition) is 0. The summed E-state index contributed by atoms with van der Waals surface area (Å²) in [5, 5.41) is 10.9. The van der Waals surface area contributed by atoms with Gasteiger partial charge in [-0.25, -0.2) is 4.90 Å². The minimum Gasteiger partial charge on any atom is -0.493 e. The SMILES string of the molecule is CC(=O)c1cccc(OCC[C@]23CC[C@](C)(O2)[C@@H]2C(=O)N(c4ccc(C#N)c5ccccc45)C(=O)[C@@H]23)c1. The number of carbonyl (C=O) groups excluding carboxylic acids is 3. The standard InChI is InChI=1S/C30H26N2O5/c1-18(33)19-6-5-7-21(16-19)36-15-14-30-13-12-29(2,37-30)25-26(30)28(35)32(27(25)34)24-11-10-20(17-31)22-8-3-4-9-23(22)24/h3-11,16,25-26H,12-15H2,1-2H3/t25-,26+,29-,30-/m0/s1. The van der Waals surface area contributed by atoms with Crippen LogP contribution in [0, 0.1) is 23.2 Å². The Balaban J connectivity index is 1.31. The molecule has 3 aromatic carbocycles. The predicted octanol–water partition coefficient (Wildman–Crippen LogP) is 4.81. The molecule has 0 N–H and O–H groups in total. The third-order valence-electron chi connectivity index (χ3n) is 8.31. The number of amides is 2. The van der Waals surface area contributed by atoms with Crippen LogP contribution in [-0.2, 0) is 14.3 Å². The number of carbonyl (C=O) groups is 3. The lowest BCUT2D eigenvalue weighted by molar-refractivity contribution is -0.131. The first kappa shape index (κ1) is 23.4. The van der Waals surface area contributed by atoms with Gasteiger partial charge in [0.05, 0.1) is 47.0 Å². The van der Waals surface area contributed by atoms with Crippen molar-refractivity contribution in [3.63, 3.8) is 0 Å². The van der Waals surface area contributed by atoms with E-state index in [9.17, 15) is 19.6 Å². The van der Waals surface area contributed by atoms with Crippen LogP contribution >= 0.6 is 0 Å². The van der Waals surface area contributed by atoms with Gasteiger partial charge in [-0.2, -0.15) is 5.26 Å². The number of anilines is 1. The number of ether oxygens (including phenoxy) is 2. The quantitative estimate of drug-likeness (QED) is 0.360. The van der Waals surface area contributed by atoms with E-state index in [1.54, 1.807) is 36.4 Å². The van der Waals surface area contributed by atoms with Gasteiger partial charge in [0, 0.05) is 22.8 Å². The van der Waals surface area contributed by atoms with Crippen LogP contribution in [-0.4, -0.2) is 35.4 Å². The summed E-state index contributed by atoms with van der Waals surface area (Å²) < 4.78 is 12.5. The van der Waals surface area contributed by atoms with Crippen LogP contribution in [0.1, 0.15) is 49.0 Å². The highest BCUT2D eigenvalue weighted by Crippen LogP contribution is 2.62. The molecule has 186 valence electrons. The Morgan fingerprint density at radius 1 is 1.05 bits per heavy atom. The molecule has 2 amide bonds. The molecule has 7 nitrogen and oxygen atoms in total. The maximum atomic E-state index is 14.0. The Morgan fingerprint density at radius 2 is 1.81 bits per heavy atom. The molecule has 4 atom stereocenters. The summed E-state index contributed by atoms with van der Waals surface area (Å²) >= 11 is 0. The lowest BCUT2D eigenvalue weighted by Crippen LogP contribution is -2.43. The van der Waals surface area contributed by atoms with Crippen molar-refractivity contribution in [2.75, 3.05) is 11.5 Å². The number of ketones is 1. The second kappa shape index (κ2) is 8.25. The molecule has 3 fully saturated rings. The third-order valence-corrected chi connectivity index (χ3v) is 8.31. The Hall–Kier alpha value is -4.02. The molecule has 0 aliphatic carbocycles. The molecule has 6 rings (SSSR count). The molecule has 2 bridgehead atoms. The highest BCUT2D eigenvalue weighted by molar-refractivity contribution is 6.26. The highest BCUT2D eigenvalue weighted by Gasteiger charge is 2.73. The van der Waals surface area contributed by atoms with Gasteiger partial charge in [0.25, 0.3) is 0 Å². The van der Waals surface area contributed by atoms with E-state index in [0.29, 0.717) is 59.2 Å². The molecule has 0 saturated carbocycles. The lowest BCUT2D eigenvalue weighted by Gasteiger charge is -2.31.